The molecule has 12 heavy (non-hydrogen) atoms. The van der Waals surface area contributed by atoms with E-state index in [9.17, 15) is 17.6 Å². The largest absolute Gasteiger partial charge is 0.204 e. The molecular weight excluding hydrogens is 172 g/mol. The lowest BCUT2D eigenvalue weighted by molar-refractivity contribution is 0.501. The summed E-state index contributed by atoms with van der Waals surface area (Å²) in [4.78, 5) is 0. The van der Waals surface area contributed by atoms with Gasteiger partial charge in [-0.3, -0.25) is 0 Å². The lowest BCUT2D eigenvalue weighted by Gasteiger charge is -1.97. The molecule has 1 rings (SSSR count). The molecule has 0 saturated carbocycles. The summed E-state index contributed by atoms with van der Waals surface area (Å²) in [5, 5.41) is 0. The Morgan fingerprint density at radius 3 is 2.50 bits per heavy atom. The number of hydrogen-bond donors (Lipinski definition) is 0. The first-order valence-corrected chi connectivity index (χ1v) is 3.00. The van der Waals surface area contributed by atoms with Crippen molar-refractivity contribution in [2.24, 2.45) is 0 Å². The first-order chi connectivity index (χ1) is 5.66. The van der Waals surface area contributed by atoms with Gasteiger partial charge in [0.25, 0.3) is 0 Å². The Kier molecular flexibility index (Phi) is 2.47. The molecule has 63 valence electrons. The van der Waals surface area contributed by atoms with Gasteiger partial charge in [0.15, 0.2) is 23.8 Å². The summed E-state index contributed by atoms with van der Waals surface area (Å²) in [7, 11) is 0. The van der Waals surface area contributed by atoms with E-state index in [2.05, 4.69) is 0 Å². The van der Waals surface area contributed by atoms with Crippen LogP contribution in [-0.2, 0) is 0 Å². The number of halogens is 4. The van der Waals surface area contributed by atoms with Crippen LogP contribution in [0, 0.1) is 18.0 Å². The molecule has 1 aromatic rings. The zero-order valence-electron chi connectivity index (χ0n) is 5.74. The fraction of sp³-hybridized carbons (Fsp3) is 0. The van der Waals surface area contributed by atoms with Crippen molar-refractivity contribution in [3.63, 3.8) is 0 Å². The van der Waals surface area contributed by atoms with Crippen LogP contribution < -0.4 is 0 Å². The maximum atomic E-state index is 12.6. The van der Waals surface area contributed by atoms with E-state index in [0.717, 1.165) is 18.2 Å². The summed E-state index contributed by atoms with van der Waals surface area (Å²) in [5.74, 6) is -4.19. The summed E-state index contributed by atoms with van der Waals surface area (Å²) < 4.78 is 48.7. The Balaban J connectivity index is 3.26. The van der Waals surface area contributed by atoms with Gasteiger partial charge >= 0.3 is 0 Å². The Morgan fingerprint density at radius 2 is 1.92 bits per heavy atom. The van der Waals surface area contributed by atoms with Crippen molar-refractivity contribution in [2.75, 3.05) is 0 Å². The van der Waals surface area contributed by atoms with Crippen LogP contribution in [0.3, 0.4) is 0 Å². The van der Waals surface area contributed by atoms with Gasteiger partial charge in [0, 0.05) is 0 Å². The van der Waals surface area contributed by atoms with Crippen LogP contribution in [0.5, 0.6) is 0 Å². The van der Waals surface area contributed by atoms with Gasteiger partial charge < -0.3 is 0 Å². The lowest BCUT2D eigenvalue weighted by Crippen LogP contribution is -1.89. The molecule has 4 heteroatoms. The standard InChI is InChI=1S/C8H3F4/c9-4-7(11)5-2-1-3-6(10)8(5)12/h1-3H. The van der Waals surface area contributed by atoms with Gasteiger partial charge in [0.05, 0.1) is 5.56 Å². The molecule has 0 heterocycles. The Bertz CT molecular complexity index is 317. The topological polar surface area (TPSA) is 0 Å². The fourth-order valence-corrected chi connectivity index (χ4v) is 0.724. The molecule has 0 aliphatic carbocycles. The van der Waals surface area contributed by atoms with Crippen molar-refractivity contribution in [3.05, 3.63) is 41.7 Å². The van der Waals surface area contributed by atoms with Gasteiger partial charge in [-0.25, -0.2) is 17.6 Å². The summed E-state index contributed by atoms with van der Waals surface area (Å²) in [6, 6.07) is 2.80. The number of rotatable bonds is 1. The summed E-state index contributed by atoms with van der Waals surface area (Å²) in [6.07, 6.45) is 0.593. The van der Waals surface area contributed by atoms with Crippen molar-refractivity contribution in [3.8, 4) is 0 Å². The predicted octanol–water partition coefficient (Wildman–Crippen LogP) is 3.01. The molecule has 0 amide bonds. The van der Waals surface area contributed by atoms with Gasteiger partial charge in [0.2, 0.25) is 0 Å². The highest BCUT2D eigenvalue weighted by molar-refractivity contribution is 5.56. The first kappa shape index (κ1) is 8.77. The summed E-state index contributed by atoms with van der Waals surface area (Å²) in [6.45, 7) is 0. The molecule has 0 aliphatic rings. The summed E-state index contributed by atoms with van der Waals surface area (Å²) in [5.41, 5.74) is -0.766. The molecule has 0 aliphatic heterocycles. The minimum absolute atomic E-state index is 0.593. The van der Waals surface area contributed by atoms with Crippen molar-refractivity contribution in [1.29, 1.82) is 0 Å². The van der Waals surface area contributed by atoms with E-state index in [4.69, 9.17) is 0 Å². The predicted molar refractivity (Wildman–Crippen MR) is 35.2 cm³/mol. The lowest BCUT2D eigenvalue weighted by atomic mass is 10.2. The van der Waals surface area contributed by atoms with Crippen molar-refractivity contribution < 1.29 is 17.6 Å². The Hall–Kier alpha value is -1.32. The maximum Gasteiger partial charge on any atom is 0.198 e. The van der Waals surface area contributed by atoms with E-state index in [-0.39, 0.29) is 0 Å². The second kappa shape index (κ2) is 3.38. The highest BCUT2D eigenvalue weighted by Crippen LogP contribution is 2.20. The van der Waals surface area contributed by atoms with Crippen molar-refractivity contribution >= 4 is 5.83 Å². The monoisotopic (exact) mass is 175 g/mol. The minimum Gasteiger partial charge on any atom is -0.204 e. The van der Waals surface area contributed by atoms with Crippen LogP contribution in [0.15, 0.2) is 18.2 Å². The highest BCUT2D eigenvalue weighted by Gasteiger charge is 2.11. The third-order valence-corrected chi connectivity index (χ3v) is 1.27. The quantitative estimate of drug-likeness (QED) is 0.575. The number of hydrogen-bond acceptors (Lipinski definition) is 0. The average Bonchev–Trinajstić information content (AvgIpc) is 2.08. The van der Waals surface area contributed by atoms with Gasteiger partial charge in [0.1, 0.15) is 0 Å². The second-order valence-electron chi connectivity index (χ2n) is 2.01. The molecular formula is C8H3F4. The zero-order chi connectivity index (χ0) is 9.14. The van der Waals surface area contributed by atoms with Crippen LogP contribution in [0.4, 0.5) is 17.6 Å². The van der Waals surface area contributed by atoms with Crippen LogP contribution in [0.1, 0.15) is 5.56 Å². The molecule has 0 aromatic heterocycles. The molecule has 0 atom stereocenters. The molecule has 0 spiro atoms. The van der Waals surface area contributed by atoms with Crippen molar-refractivity contribution in [2.45, 2.75) is 0 Å². The molecule has 0 saturated heterocycles. The van der Waals surface area contributed by atoms with E-state index in [1.807, 2.05) is 0 Å². The second-order valence-corrected chi connectivity index (χ2v) is 2.01. The van der Waals surface area contributed by atoms with Gasteiger partial charge in [-0.2, -0.15) is 0 Å². The van der Waals surface area contributed by atoms with Gasteiger partial charge in [-0.05, 0) is 12.1 Å². The smallest absolute Gasteiger partial charge is 0.198 e. The van der Waals surface area contributed by atoms with E-state index >= 15 is 0 Å². The number of benzene rings is 1. The van der Waals surface area contributed by atoms with E-state index in [1.165, 1.54) is 0 Å². The third kappa shape index (κ3) is 1.47. The third-order valence-electron chi connectivity index (χ3n) is 1.27. The molecule has 1 radical (unpaired) electrons. The maximum absolute atomic E-state index is 12.6. The average molecular weight is 175 g/mol. The SMILES string of the molecule is F[C]=C(F)c1cccc(F)c1F. The molecule has 0 N–H and O–H groups in total. The molecule has 1 aromatic carbocycles. The van der Waals surface area contributed by atoms with Gasteiger partial charge in [-0.15, -0.1) is 0 Å². The highest BCUT2D eigenvalue weighted by atomic mass is 19.2. The normalized spacial score (nSPS) is 11.8. The molecule has 0 bridgehead atoms. The molecule has 0 nitrogen and oxygen atoms in total. The Labute approximate surface area is 66.1 Å². The van der Waals surface area contributed by atoms with Crippen LogP contribution >= 0.6 is 0 Å². The van der Waals surface area contributed by atoms with E-state index in [0.29, 0.717) is 6.33 Å². The van der Waals surface area contributed by atoms with Crippen LogP contribution in [-0.4, -0.2) is 0 Å². The Morgan fingerprint density at radius 1 is 1.25 bits per heavy atom. The minimum atomic E-state index is -1.55. The van der Waals surface area contributed by atoms with E-state index in [1.54, 1.807) is 0 Å². The molecule has 0 unspecified atom stereocenters. The van der Waals surface area contributed by atoms with Crippen molar-refractivity contribution in [1.82, 2.24) is 0 Å². The molecule has 0 fully saturated rings. The van der Waals surface area contributed by atoms with Crippen LogP contribution in [0.25, 0.3) is 5.83 Å². The van der Waals surface area contributed by atoms with Crippen LogP contribution in [0.2, 0.25) is 0 Å². The van der Waals surface area contributed by atoms with Gasteiger partial charge in [-0.1, -0.05) is 6.07 Å². The van der Waals surface area contributed by atoms with E-state index < -0.39 is 23.0 Å². The summed E-state index contributed by atoms with van der Waals surface area (Å²) >= 11 is 0. The fourth-order valence-electron chi connectivity index (χ4n) is 0.724. The zero-order valence-corrected chi connectivity index (χ0v) is 5.74. The first-order valence-electron chi connectivity index (χ1n) is 3.00.